The fourth-order valence-corrected chi connectivity index (χ4v) is 3.24. The zero-order chi connectivity index (χ0) is 20.3. The number of hydrogen-bond donors (Lipinski definition) is 2. The summed E-state index contributed by atoms with van der Waals surface area (Å²) >= 11 is 0. The number of benzene rings is 2. The van der Waals surface area contributed by atoms with Gasteiger partial charge in [-0.3, -0.25) is 0 Å². The van der Waals surface area contributed by atoms with Gasteiger partial charge >= 0.3 is 0 Å². The Morgan fingerprint density at radius 3 is 1.63 bits per heavy atom. The SMILES string of the molecule is CC(/C=C/c1c(C)cc(O)c(C)c1C)=C\C=C\c1c(C)cc(O)c(C)c1C. The lowest BCUT2D eigenvalue weighted by Gasteiger charge is -2.11. The molecule has 0 bridgehead atoms. The van der Waals surface area contributed by atoms with Crippen LogP contribution in [0.2, 0.25) is 0 Å². The van der Waals surface area contributed by atoms with Crippen LogP contribution in [-0.2, 0) is 0 Å². The minimum absolute atomic E-state index is 0.353. The van der Waals surface area contributed by atoms with Crippen LogP contribution < -0.4 is 0 Å². The van der Waals surface area contributed by atoms with Crippen LogP contribution in [0.25, 0.3) is 12.2 Å². The van der Waals surface area contributed by atoms with Gasteiger partial charge in [0.15, 0.2) is 0 Å². The number of rotatable bonds is 4. The maximum absolute atomic E-state index is 9.93. The van der Waals surface area contributed by atoms with Gasteiger partial charge in [-0.25, -0.2) is 0 Å². The van der Waals surface area contributed by atoms with Gasteiger partial charge in [-0.1, -0.05) is 36.0 Å². The van der Waals surface area contributed by atoms with E-state index in [2.05, 4.69) is 31.2 Å². The van der Waals surface area contributed by atoms with Crippen LogP contribution in [0.1, 0.15) is 51.4 Å². The largest absolute Gasteiger partial charge is 0.508 e. The molecule has 0 saturated heterocycles. The second-order valence-corrected chi connectivity index (χ2v) is 7.36. The van der Waals surface area contributed by atoms with Crippen molar-refractivity contribution >= 4 is 12.2 Å². The van der Waals surface area contributed by atoms with E-state index in [1.54, 1.807) is 0 Å². The van der Waals surface area contributed by atoms with E-state index in [1.165, 1.54) is 0 Å². The summed E-state index contributed by atoms with van der Waals surface area (Å²) in [5, 5.41) is 19.8. The van der Waals surface area contributed by atoms with Gasteiger partial charge in [0.05, 0.1) is 0 Å². The molecule has 0 aliphatic carbocycles. The molecule has 0 amide bonds. The first-order chi connectivity index (χ1) is 12.6. The van der Waals surface area contributed by atoms with Gasteiger partial charge in [0.25, 0.3) is 0 Å². The Morgan fingerprint density at radius 2 is 1.15 bits per heavy atom. The summed E-state index contributed by atoms with van der Waals surface area (Å²) in [6.07, 6.45) is 10.4. The van der Waals surface area contributed by atoms with Gasteiger partial charge in [-0.15, -0.1) is 0 Å². The Kier molecular flexibility index (Phi) is 6.32. The number of phenols is 2. The first-order valence-electron chi connectivity index (χ1n) is 9.26. The van der Waals surface area contributed by atoms with Crippen molar-refractivity contribution in [3.63, 3.8) is 0 Å². The molecule has 27 heavy (non-hydrogen) atoms. The summed E-state index contributed by atoms with van der Waals surface area (Å²) in [4.78, 5) is 0. The first-order valence-corrected chi connectivity index (χ1v) is 9.26. The van der Waals surface area contributed by atoms with Gasteiger partial charge in [0, 0.05) is 0 Å². The minimum atomic E-state index is 0.353. The van der Waals surface area contributed by atoms with Gasteiger partial charge in [0.1, 0.15) is 11.5 Å². The van der Waals surface area contributed by atoms with Crippen molar-refractivity contribution in [1.82, 2.24) is 0 Å². The highest BCUT2D eigenvalue weighted by atomic mass is 16.3. The maximum atomic E-state index is 9.93. The van der Waals surface area contributed by atoms with E-state index < -0.39 is 0 Å². The summed E-state index contributed by atoms with van der Waals surface area (Å²) in [6, 6.07) is 3.64. The summed E-state index contributed by atoms with van der Waals surface area (Å²) in [5.74, 6) is 0.707. The average Bonchev–Trinajstić information content (AvgIpc) is 2.60. The van der Waals surface area contributed by atoms with E-state index >= 15 is 0 Å². The van der Waals surface area contributed by atoms with Gasteiger partial charge < -0.3 is 10.2 Å². The van der Waals surface area contributed by atoms with Crippen LogP contribution in [0.15, 0.2) is 35.9 Å². The third-order valence-corrected chi connectivity index (χ3v) is 5.39. The number of aryl methyl sites for hydroxylation is 2. The quantitative estimate of drug-likeness (QED) is 0.600. The molecule has 0 aromatic heterocycles. The molecule has 2 nitrogen and oxygen atoms in total. The zero-order valence-corrected chi connectivity index (χ0v) is 17.4. The molecule has 0 saturated carbocycles. The van der Waals surface area contributed by atoms with Gasteiger partial charge in [-0.2, -0.15) is 0 Å². The number of aromatic hydroxyl groups is 2. The van der Waals surface area contributed by atoms with E-state index in [4.69, 9.17) is 0 Å². The van der Waals surface area contributed by atoms with E-state index in [9.17, 15) is 10.2 Å². The van der Waals surface area contributed by atoms with Crippen molar-refractivity contribution < 1.29 is 10.2 Å². The molecule has 0 heterocycles. The maximum Gasteiger partial charge on any atom is 0.119 e. The number of phenolic OH excluding ortho intramolecular Hbond substituents is 2. The monoisotopic (exact) mass is 362 g/mol. The van der Waals surface area contributed by atoms with Gasteiger partial charge in [0.2, 0.25) is 0 Å². The standard InChI is InChI=1S/C25H30O2/c1-15(11-12-23-17(3)14-25(27)21(7)19(23)5)9-8-10-22-16(2)13-24(26)20(6)18(22)4/h8-14,26-27H,1-7H3/b10-8+,12-11+,15-9+. The van der Waals surface area contributed by atoms with Crippen LogP contribution in [0, 0.1) is 41.5 Å². The van der Waals surface area contributed by atoms with Crippen molar-refractivity contribution in [2.24, 2.45) is 0 Å². The lowest BCUT2D eigenvalue weighted by atomic mass is 9.96. The van der Waals surface area contributed by atoms with Crippen molar-refractivity contribution in [3.8, 4) is 11.5 Å². The fraction of sp³-hybridized carbons (Fsp3) is 0.280. The lowest BCUT2D eigenvalue weighted by molar-refractivity contribution is 0.469. The Bertz CT molecular complexity index is 957. The third-order valence-electron chi connectivity index (χ3n) is 5.39. The topological polar surface area (TPSA) is 40.5 Å². The average molecular weight is 363 g/mol. The highest BCUT2D eigenvalue weighted by Crippen LogP contribution is 2.28. The molecule has 0 atom stereocenters. The minimum Gasteiger partial charge on any atom is -0.508 e. The molecular weight excluding hydrogens is 332 g/mol. The second-order valence-electron chi connectivity index (χ2n) is 7.36. The number of allylic oxidation sites excluding steroid dienone is 4. The molecule has 2 rings (SSSR count). The Morgan fingerprint density at radius 1 is 0.704 bits per heavy atom. The lowest BCUT2D eigenvalue weighted by Crippen LogP contribution is -1.91. The van der Waals surface area contributed by atoms with E-state index in [-0.39, 0.29) is 0 Å². The summed E-state index contributed by atoms with van der Waals surface area (Å²) in [5.41, 5.74) is 9.66. The summed E-state index contributed by atoms with van der Waals surface area (Å²) in [6.45, 7) is 14.1. The molecule has 0 unspecified atom stereocenters. The first kappa shape index (κ1) is 20.6. The molecule has 2 aromatic rings. The van der Waals surface area contributed by atoms with Crippen LogP contribution in [0.4, 0.5) is 0 Å². The highest BCUT2D eigenvalue weighted by Gasteiger charge is 2.08. The van der Waals surface area contributed by atoms with Crippen molar-refractivity contribution in [3.05, 3.63) is 80.4 Å². The molecule has 2 aromatic carbocycles. The Hall–Kier alpha value is -2.74. The van der Waals surface area contributed by atoms with Crippen LogP contribution >= 0.6 is 0 Å². The Balaban J connectivity index is 2.26. The molecule has 0 spiro atoms. The van der Waals surface area contributed by atoms with Crippen LogP contribution in [0.3, 0.4) is 0 Å². The molecule has 142 valence electrons. The highest BCUT2D eigenvalue weighted by molar-refractivity contribution is 5.65. The fourth-order valence-electron chi connectivity index (χ4n) is 3.24. The molecule has 0 aliphatic heterocycles. The Labute approximate surface area is 163 Å². The second kappa shape index (κ2) is 8.30. The predicted octanol–water partition coefficient (Wildman–Crippen LogP) is 6.62. The molecule has 0 fully saturated rings. The molecule has 2 heteroatoms. The number of hydrogen-bond acceptors (Lipinski definition) is 2. The van der Waals surface area contributed by atoms with Gasteiger partial charge in [-0.05, 0) is 105 Å². The normalized spacial score (nSPS) is 12.5. The van der Waals surface area contributed by atoms with Crippen LogP contribution in [0.5, 0.6) is 11.5 Å². The van der Waals surface area contributed by atoms with Crippen molar-refractivity contribution in [2.45, 2.75) is 48.5 Å². The third kappa shape index (κ3) is 4.51. The molecular formula is C25H30O2. The predicted molar refractivity (Wildman–Crippen MR) is 116 cm³/mol. The van der Waals surface area contributed by atoms with E-state index in [1.807, 2.05) is 59.8 Å². The zero-order valence-electron chi connectivity index (χ0n) is 17.4. The summed E-state index contributed by atoms with van der Waals surface area (Å²) < 4.78 is 0. The van der Waals surface area contributed by atoms with Crippen molar-refractivity contribution in [1.29, 1.82) is 0 Å². The molecule has 0 aliphatic rings. The summed E-state index contributed by atoms with van der Waals surface area (Å²) in [7, 11) is 0. The molecule has 2 N–H and O–H groups in total. The van der Waals surface area contributed by atoms with E-state index in [0.717, 1.165) is 50.1 Å². The smallest absolute Gasteiger partial charge is 0.119 e. The van der Waals surface area contributed by atoms with Crippen LogP contribution in [-0.4, -0.2) is 10.2 Å². The van der Waals surface area contributed by atoms with Crippen molar-refractivity contribution in [2.75, 3.05) is 0 Å². The molecule has 0 radical (unpaired) electrons. The van der Waals surface area contributed by atoms with E-state index in [0.29, 0.717) is 11.5 Å².